The molecule has 0 aliphatic carbocycles. The number of aliphatic hydroxyl groups is 1. The second-order valence-corrected chi connectivity index (χ2v) is 8.42. The number of pyridine rings is 1. The van der Waals surface area contributed by atoms with E-state index in [4.69, 9.17) is 16.3 Å². The third-order valence-electron chi connectivity index (χ3n) is 5.18. The van der Waals surface area contributed by atoms with Crippen LogP contribution in [0.25, 0.3) is 10.9 Å². The van der Waals surface area contributed by atoms with Gasteiger partial charge in [-0.05, 0) is 44.4 Å². The molecule has 3 N–H and O–H groups in total. The highest BCUT2D eigenvalue weighted by molar-refractivity contribution is 6.30. The van der Waals surface area contributed by atoms with Crippen LogP contribution in [0, 0.1) is 11.6 Å². The zero-order chi connectivity index (χ0) is 25.4. The van der Waals surface area contributed by atoms with E-state index in [9.17, 15) is 31.9 Å². The van der Waals surface area contributed by atoms with Crippen LogP contribution < -0.4 is 15.6 Å². The minimum absolute atomic E-state index is 0.00106. The minimum Gasteiger partial charge on any atom is -0.493 e. The second kappa shape index (κ2) is 9.40. The molecule has 0 amide bonds. The molecule has 12 heteroatoms. The first kappa shape index (κ1) is 25.7. The summed E-state index contributed by atoms with van der Waals surface area (Å²) in [5.74, 6) is -2.51. The average molecular weight is 506 g/mol. The van der Waals surface area contributed by atoms with E-state index in [0.717, 1.165) is 42.3 Å². The molecule has 2 unspecified atom stereocenters. The Hall–Kier alpha value is -2.89. The molecule has 1 aromatic heterocycles. The van der Waals surface area contributed by atoms with Crippen molar-refractivity contribution in [2.45, 2.75) is 17.8 Å². The summed E-state index contributed by atoms with van der Waals surface area (Å²) in [6, 6.07) is 4.03. The number of halogens is 6. The first-order valence-electron chi connectivity index (χ1n) is 9.82. The highest BCUT2D eigenvalue weighted by Gasteiger charge is 2.60. The minimum atomic E-state index is -5.24. The second-order valence-electron chi connectivity index (χ2n) is 7.98. The maximum Gasteiger partial charge on any atom is 0.420 e. The number of ether oxygens (including phenoxy) is 1. The highest BCUT2D eigenvalue weighted by Crippen LogP contribution is 2.46. The highest BCUT2D eigenvalue weighted by atomic mass is 35.5. The summed E-state index contributed by atoms with van der Waals surface area (Å²) in [6.07, 6.45) is -5.24. The zero-order valence-corrected chi connectivity index (χ0v) is 19.0. The summed E-state index contributed by atoms with van der Waals surface area (Å²) in [7, 11) is 3.67. The zero-order valence-electron chi connectivity index (χ0n) is 18.2. The number of fused-ring (bicyclic) bond motifs is 1. The Morgan fingerprint density at radius 2 is 1.85 bits per heavy atom. The fourth-order valence-corrected chi connectivity index (χ4v) is 4.01. The third kappa shape index (κ3) is 4.96. The number of hydrogen-bond donors (Lipinski definition) is 3. The molecule has 0 saturated carbocycles. The van der Waals surface area contributed by atoms with E-state index < -0.39 is 52.9 Å². The topological polar surface area (TPSA) is 77.6 Å². The number of H-pyrrole nitrogens is 1. The Labute approximate surface area is 195 Å². The number of hydrogen-bond acceptors (Lipinski definition) is 5. The summed E-state index contributed by atoms with van der Waals surface area (Å²) in [4.78, 5) is 15.1. The molecule has 1 heterocycles. The summed E-state index contributed by atoms with van der Waals surface area (Å²) >= 11 is 5.94. The van der Waals surface area contributed by atoms with E-state index in [1.807, 2.05) is 0 Å². The smallest absolute Gasteiger partial charge is 0.420 e. The maximum absolute atomic E-state index is 14.6. The van der Waals surface area contributed by atoms with Crippen LogP contribution in [-0.4, -0.2) is 54.5 Å². The number of aromatic nitrogens is 1. The Morgan fingerprint density at radius 3 is 2.44 bits per heavy atom. The van der Waals surface area contributed by atoms with Gasteiger partial charge in [0.25, 0.3) is 0 Å². The molecule has 0 aliphatic rings. The molecule has 0 saturated heterocycles. The van der Waals surface area contributed by atoms with Gasteiger partial charge in [0.2, 0.25) is 5.56 Å². The van der Waals surface area contributed by atoms with Crippen molar-refractivity contribution in [2.75, 3.05) is 33.1 Å². The van der Waals surface area contributed by atoms with Gasteiger partial charge < -0.3 is 25.0 Å². The maximum atomic E-state index is 14.6. The Bertz CT molecular complexity index is 1260. The van der Waals surface area contributed by atoms with Gasteiger partial charge in [0.05, 0.1) is 18.7 Å². The number of benzene rings is 2. The molecule has 184 valence electrons. The number of methoxy groups -OCH3 is 1. The van der Waals surface area contributed by atoms with Crippen LogP contribution in [-0.2, 0) is 0 Å². The normalized spacial score (nSPS) is 14.8. The predicted molar refractivity (Wildman–Crippen MR) is 118 cm³/mol. The molecule has 2 aromatic carbocycles. The summed E-state index contributed by atoms with van der Waals surface area (Å²) in [5, 5.41) is 13.5. The van der Waals surface area contributed by atoms with Crippen molar-refractivity contribution in [1.82, 2.24) is 9.88 Å². The predicted octanol–water partition coefficient (Wildman–Crippen LogP) is 4.48. The van der Waals surface area contributed by atoms with Gasteiger partial charge in [0.1, 0.15) is 5.82 Å². The van der Waals surface area contributed by atoms with Crippen LogP contribution in [0.15, 0.2) is 41.2 Å². The van der Waals surface area contributed by atoms with Crippen LogP contribution in [0.2, 0.25) is 5.02 Å². The van der Waals surface area contributed by atoms with Gasteiger partial charge in [-0.3, -0.25) is 4.79 Å². The van der Waals surface area contributed by atoms with Gasteiger partial charge in [-0.1, -0.05) is 11.6 Å². The van der Waals surface area contributed by atoms with Gasteiger partial charge in [0, 0.05) is 34.3 Å². The first-order valence-corrected chi connectivity index (χ1v) is 10.2. The lowest BCUT2D eigenvalue weighted by Crippen LogP contribution is -2.58. The van der Waals surface area contributed by atoms with Crippen molar-refractivity contribution in [1.29, 1.82) is 0 Å². The van der Waals surface area contributed by atoms with E-state index in [-0.39, 0.29) is 21.6 Å². The van der Waals surface area contributed by atoms with Crippen molar-refractivity contribution >= 4 is 28.2 Å². The largest absolute Gasteiger partial charge is 0.493 e. The first-order chi connectivity index (χ1) is 15.8. The van der Waals surface area contributed by atoms with Crippen LogP contribution in [0.5, 0.6) is 5.75 Å². The van der Waals surface area contributed by atoms with Gasteiger partial charge >= 0.3 is 6.18 Å². The number of anilines is 1. The molecular formula is C22H21ClF5N3O3. The summed E-state index contributed by atoms with van der Waals surface area (Å²) < 4.78 is 77.1. The Morgan fingerprint density at radius 1 is 1.18 bits per heavy atom. The molecule has 0 bridgehead atoms. The number of nitrogens with zero attached hydrogens (tertiary/aromatic N) is 1. The van der Waals surface area contributed by atoms with E-state index in [0.29, 0.717) is 0 Å². The molecule has 2 atom stereocenters. The molecule has 34 heavy (non-hydrogen) atoms. The standard InChI is InChI=1S/C22H21ClF5N3O3/c1-31(2)10-21(33,22(26,27)28)20(14-6-11(23)7-15(25)19(14)34-3)30-17-9-12(24)8-16-13(17)4-5-18(32)29-16/h4-9,20,30,33H,10H2,1-3H3,(H,29,32). The number of alkyl halides is 3. The van der Waals surface area contributed by atoms with Crippen LogP contribution in [0.3, 0.4) is 0 Å². The average Bonchev–Trinajstić information content (AvgIpc) is 2.69. The molecule has 6 nitrogen and oxygen atoms in total. The molecule has 0 aliphatic heterocycles. The number of rotatable bonds is 7. The molecular weight excluding hydrogens is 485 g/mol. The monoisotopic (exact) mass is 505 g/mol. The quantitative estimate of drug-likeness (QED) is 0.413. The third-order valence-corrected chi connectivity index (χ3v) is 5.40. The molecule has 3 rings (SSSR count). The fourth-order valence-electron chi connectivity index (χ4n) is 3.80. The lowest BCUT2D eigenvalue weighted by atomic mass is 9.86. The molecule has 0 radical (unpaired) electrons. The summed E-state index contributed by atoms with van der Waals surface area (Å²) in [5.41, 5.74) is -4.72. The van der Waals surface area contributed by atoms with Crippen molar-refractivity contribution < 1.29 is 31.8 Å². The SMILES string of the molecule is COc1c(F)cc(Cl)cc1C(Nc1cc(F)cc2[nH]c(=O)ccc12)C(O)(CN(C)C)C(F)(F)F. The van der Waals surface area contributed by atoms with Crippen molar-refractivity contribution in [3.63, 3.8) is 0 Å². The van der Waals surface area contributed by atoms with E-state index in [1.54, 1.807) is 0 Å². The van der Waals surface area contributed by atoms with E-state index in [2.05, 4.69) is 10.3 Å². The molecule has 0 spiro atoms. The van der Waals surface area contributed by atoms with E-state index >= 15 is 0 Å². The number of nitrogens with one attached hydrogen (secondary N) is 2. The summed E-state index contributed by atoms with van der Waals surface area (Å²) in [6.45, 7) is -0.949. The molecule has 0 fully saturated rings. The van der Waals surface area contributed by atoms with Crippen LogP contribution in [0.4, 0.5) is 27.6 Å². The van der Waals surface area contributed by atoms with Crippen molar-refractivity contribution in [2.24, 2.45) is 0 Å². The molecule has 3 aromatic rings. The van der Waals surface area contributed by atoms with Crippen LogP contribution >= 0.6 is 11.6 Å². The number of aromatic amines is 1. The Kier molecular flexibility index (Phi) is 7.11. The Balaban J connectivity index is 2.34. The van der Waals surface area contributed by atoms with Gasteiger partial charge in [-0.15, -0.1) is 0 Å². The fraction of sp³-hybridized carbons (Fsp3) is 0.318. The van der Waals surface area contributed by atoms with Crippen molar-refractivity contribution in [3.05, 3.63) is 69.0 Å². The lowest BCUT2D eigenvalue weighted by molar-refractivity contribution is -0.270. The van der Waals surface area contributed by atoms with E-state index in [1.165, 1.54) is 20.2 Å². The number of likely N-dealkylation sites (N-methyl/N-ethyl adjacent to an activating group) is 1. The van der Waals surface area contributed by atoms with Gasteiger partial charge in [-0.2, -0.15) is 13.2 Å². The van der Waals surface area contributed by atoms with Gasteiger partial charge in [-0.25, -0.2) is 8.78 Å². The lowest BCUT2D eigenvalue weighted by Gasteiger charge is -2.41. The van der Waals surface area contributed by atoms with Crippen molar-refractivity contribution in [3.8, 4) is 5.75 Å². The van der Waals surface area contributed by atoms with Gasteiger partial charge in [0.15, 0.2) is 17.2 Å². The van der Waals surface area contributed by atoms with Crippen LogP contribution in [0.1, 0.15) is 11.6 Å².